The molecule has 0 radical (unpaired) electrons. The Morgan fingerprint density at radius 3 is 2.33 bits per heavy atom. The van der Waals surface area contributed by atoms with Gasteiger partial charge in [0.25, 0.3) is 0 Å². The summed E-state index contributed by atoms with van der Waals surface area (Å²) in [5.41, 5.74) is 4.12. The molecule has 0 amide bonds. The predicted octanol–water partition coefficient (Wildman–Crippen LogP) is 4.02. The van der Waals surface area contributed by atoms with Crippen LogP contribution in [0.3, 0.4) is 0 Å². The van der Waals surface area contributed by atoms with E-state index in [1.165, 1.54) is 4.31 Å². The molecule has 3 aromatic carbocycles. The van der Waals surface area contributed by atoms with Gasteiger partial charge in [-0.25, -0.2) is 4.31 Å². The fourth-order valence-corrected chi connectivity index (χ4v) is 4.55. The summed E-state index contributed by atoms with van der Waals surface area (Å²) >= 11 is 0. The van der Waals surface area contributed by atoms with E-state index < -0.39 is 10.2 Å². The molecule has 27 heavy (non-hydrogen) atoms. The van der Waals surface area contributed by atoms with Crippen molar-refractivity contribution in [2.75, 3.05) is 20.9 Å². The predicted molar refractivity (Wildman–Crippen MR) is 110 cm³/mol. The minimum atomic E-state index is -3.80. The number of hydrogen-bond donors (Lipinski definition) is 2. The van der Waals surface area contributed by atoms with Crippen LogP contribution in [0.25, 0.3) is 0 Å². The lowest BCUT2D eigenvalue weighted by molar-refractivity contribution is 0.595. The molecule has 4 rings (SSSR count). The second-order valence-corrected chi connectivity index (χ2v) is 8.05. The first-order valence-electron chi connectivity index (χ1n) is 8.89. The van der Waals surface area contributed by atoms with Gasteiger partial charge in [-0.1, -0.05) is 60.7 Å². The van der Waals surface area contributed by atoms with Gasteiger partial charge in [-0.15, -0.1) is 0 Å². The summed E-state index contributed by atoms with van der Waals surface area (Å²) in [6.07, 6.45) is 0.900. The van der Waals surface area contributed by atoms with Gasteiger partial charge in [-0.05, 0) is 35.7 Å². The third-order valence-corrected chi connectivity index (χ3v) is 5.99. The third kappa shape index (κ3) is 3.75. The van der Waals surface area contributed by atoms with E-state index in [1.54, 1.807) is 18.2 Å². The topological polar surface area (TPSA) is 61.4 Å². The van der Waals surface area contributed by atoms with Crippen molar-refractivity contribution < 1.29 is 8.42 Å². The minimum Gasteiger partial charge on any atom is -0.383 e. The molecule has 0 bridgehead atoms. The molecule has 2 N–H and O–H groups in total. The van der Waals surface area contributed by atoms with Gasteiger partial charge in [0.2, 0.25) is 0 Å². The van der Waals surface area contributed by atoms with E-state index in [4.69, 9.17) is 0 Å². The molecule has 0 aromatic heterocycles. The molecule has 0 saturated carbocycles. The average molecular weight is 379 g/mol. The third-order valence-electron chi connectivity index (χ3n) is 4.59. The molecule has 1 aliphatic heterocycles. The van der Waals surface area contributed by atoms with E-state index in [0.717, 1.165) is 29.8 Å². The molecule has 0 atom stereocenters. The minimum absolute atomic E-state index is 0.253. The van der Waals surface area contributed by atoms with Crippen LogP contribution in [0.4, 0.5) is 17.1 Å². The summed E-state index contributed by atoms with van der Waals surface area (Å²) in [4.78, 5) is 0. The molecule has 0 saturated heterocycles. The van der Waals surface area contributed by atoms with Crippen LogP contribution in [0.15, 0.2) is 78.9 Å². The van der Waals surface area contributed by atoms with Crippen molar-refractivity contribution in [1.29, 1.82) is 0 Å². The summed E-state index contributed by atoms with van der Waals surface area (Å²) in [7, 11) is -3.80. The van der Waals surface area contributed by atoms with Crippen LogP contribution in [-0.4, -0.2) is 15.0 Å². The van der Waals surface area contributed by atoms with Crippen molar-refractivity contribution in [3.05, 3.63) is 90.0 Å². The van der Waals surface area contributed by atoms with Crippen molar-refractivity contribution in [2.24, 2.45) is 0 Å². The zero-order valence-electron chi connectivity index (χ0n) is 14.8. The smallest absolute Gasteiger partial charge is 0.324 e. The van der Waals surface area contributed by atoms with Gasteiger partial charge in [-0.2, -0.15) is 8.42 Å². The largest absolute Gasteiger partial charge is 0.383 e. The first-order chi connectivity index (χ1) is 13.1. The van der Waals surface area contributed by atoms with Crippen molar-refractivity contribution in [3.63, 3.8) is 0 Å². The van der Waals surface area contributed by atoms with E-state index in [1.807, 2.05) is 60.7 Å². The van der Waals surface area contributed by atoms with Gasteiger partial charge in [-0.3, -0.25) is 4.72 Å². The lowest BCUT2D eigenvalue weighted by Crippen LogP contribution is -2.35. The highest BCUT2D eigenvalue weighted by Crippen LogP contribution is 2.32. The van der Waals surface area contributed by atoms with Crippen LogP contribution >= 0.6 is 0 Å². The zero-order chi connectivity index (χ0) is 18.7. The van der Waals surface area contributed by atoms with E-state index >= 15 is 0 Å². The SMILES string of the molecule is O=S(=O)(Nc1cccc2c1NCC2)N(Cc1ccccc1)c1ccccc1. The molecule has 3 aromatic rings. The molecule has 0 spiro atoms. The van der Waals surface area contributed by atoms with Gasteiger partial charge < -0.3 is 5.32 Å². The Hall–Kier alpha value is -2.99. The Morgan fingerprint density at radius 2 is 1.59 bits per heavy atom. The molecule has 1 heterocycles. The normalized spacial score (nSPS) is 12.9. The van der Waals surface area contributed by atoms with Crippen LogP contribution < -0.4 is 14.3 Å². The number of para-hydroxylation sites is 2. The highest BCUT2D eigenvalue weighted by molar-refractivity contribution is 7.94. The summed E-state index contributed by atoms with van der Waals surface area (Å²) in [6, 6.07) is 24.4. The number of rotatable bonds is 6. The average Bonchev–Trinajstić information content (AvgIpc) is 3.17. The van der Waals surface area contributed by atoms with Crippen molar-refractivity contribution in [1.82, 2.24) is 0 Å². The van der Waals surface area contributed by atoms with Crippen molar-refractivity contribution >= 4 is 27.3 Å². The maximum Gasteiger partial charge on any atom is 0.324 e. The van der Waals surface area contributed by atoms with Gasteiger partial charge >= 0.3 is 10.2 Å². The Labute approximate surface area is 159 Å². The lowest BCUT2D eigenvalue weighted by atomic mass is 10.1. The van der Waals surface area contributed by atoms with Crippen LogP contribution in [0, 0.1) is 0 Å². The molecule has 5 nitrogen and oxygen atoms in total. The first kappa shape index (κ1) is 17.4. The standard InChI is InChI=1S/C21H21N3O2S/c25-27(26,23-20-13-7-10-18-14-15-22-21(18)20)24(19-11-5-2-6-12-19)16-17-8-3-1-4-9-17/h1-13,22-23H,14-16H2. The first-order valence-corrected chi connectivity index (χ1v) is 10.3. The lowest BCUT2D eigenvalue weighted by Gasteiger charge is -2.25. The second-order valence-electron chi connectivity index (χ2n) is 6.45. The molecule has 138 valence electrons. The molecular weight excluding hydrogens is 358 g/mol. The molecule has 0 unspecified atom stereocenters. The number of nitrogens with zero attached hydrogens (tertiary/aromatic N) is 1. The Kier molecular flexibility index (Phi) is 4.73. The highest BCUT2D eigenvalue weighted by Gasteiger charge is 2.25. The summed E-state index contributed by atoms with van der Waals surface area (Å²) in [6.45, 7) is 1.07. The van der Waals surface area contributed by atoms with Crippen LogP contribution in [-0.2, 0) is 23.2 Å². The molecule has 1 aliphatic rings. The molecule has 0 aliphatic carbocycles. The van der Waals surface area contributed by atoms with Crippen LogP contribution in [0.5, 0.6) is 0 Å². The molecule has 0 fully saturated rings. The van der Waals surface area contributed by atoms with E-state index in [-0.39, 0.29) is 6.54 Å². The van der Waals surface area contributed by atoms with E-state index in [9.17, 15) is 8.42 Å². The van der Waals surface area contributed by atoms with Gasteiger partial charge in [0, 0.05) is 6.54 Å². The van der Waals surface area contributed by atoms with Gasteiger partial charge in [0.15, 0.2) is 0 Å². The number of nitrogens with one attached hydrogen (secondary N) is 2. The summed E-state index contributed by atoms with van der Waals surface area (Å²) < 4.78 is 30.8. The maximum atomic E-state index is 13.3. The maximum absolute atomic E-state index is 13.3. The van der Waals surface area contributed by atoms with Crippen molar-refractivity contribution in [3.8, 4) is 0 Å². The van der Waals surface area contributed by atoms with Gasteiger partial charge in [0.1, 0.15) is 0 Å². The Bertz CT molecular complexity index is 1020. The second kappa shape index (κ2) is 7.32. The Morgan fingerprint density at radius 1 is 0.889 bits per heavy atom. The fraction of sp³-hybridized carbons (Fsp3) is 0.143. The molecular formula is C21H21N3O2S. The van der Waals surface area contributed by atoms with Crippen molar-refractivity contribution in [2.45, 2.75) is 13.0 Å². The van der Waals surface area contributed by atoms with Crippen LogP contribution in [0.2, 0.25) is 0 Å². The number of anilines is 3. The Balaban J connectivity index is 1.69. The van der Waals surface area contributed by atoms with E-state index in [0.29, 0.717) is 11.4 Å². The number of hydrogen-bond acceptors (Lipinski definition) is 3. The zero-order valence-corrected chi connectivity index (χ0v) is 15.6. The van der Waals surface area contributed by atoms with E-state index in [2.05, 4.69) is 10.0 Å². The van der Waals surface area contributed by atoms with Crippen LogP contribution in [0.1, 0.15) is 11.1 Å². The van der Waals surface area contributed by atoms with Gasteiger partial charge in [0.05, 0.1) is 23.6 Å². The molecule has 6 heteroatoms. The summed E-state index contributed by atoms with van der Waals surface area (Å²) in [5.74, 6) is 0. The quantitative estimate of drug-likeness (QED) is 0.680. The monoisotopic (exact) mass is 379 g/mol. The highest BCUT2D eigenvalue weighted by atomic mass is 32.2. The fourth-order valence-electron chi connectivity index (χ4n) is 3.28. The number of benzene rings is 3. The number of fused-ring (bicyclic) bond motifs is 1. The summed E-state index contributed by atoms with van der Waals surface area (Å²) in [5, 5.41) is 3.27.